The lowest BCUT2D eigenvalue weighted by Gasteiger charge is -2.16. The standard InChI is InChI=1S/C14H21N/c1-9(2)12-7-11-5-6-15-14(11)13(8-12)10(3)4/h7-10,15H,5-6H2,1-4H3. The second kappa shape index (κ2) is 3.88. The van der Waals surface area contributed by atoms with Gasteiger partial charge in [-0.3, -0.25) is 0 Å². The van der Waals surface area contributed by atoms with Crippen molar-refractivity contribution < 1.29 is 0 Å². The molecule has 15 heavy (non-hydrogen) atoms. The van der Waals surface area contributed by atoms with Crippen molar-refractivity contribution in [2.45, 2.75) is 46.0 Å². The van der Waals surface area contributed by atoms with Crippen LogP contribution in [0.3, 0.4) is 0 Å². The Bertz CT molecular complexity index is 364. The van der Waals surface area contributed by atoms with E-state index in [1.54, 1.807) is 0 Å². The number of fused-ring (bicyclic) bond motifs is 1. The van der Waals surface area contributed by atoms with Crippen LogP contribution in [0.15, 0.2) is 12.1 Å². The molecule has 0 fully saturated rings. The van der Waals surface area contributed by atoms with Gasteiger partial charge in [0.1, 0.15) is 0 Å². The average molecular weight is 203 g/mol. The number of anilines is 1. The van der Waals surface area contributed by atoms with Gasteiger partial charge in [0.05, 0.1) is 0 Å². The van der Waals surface area contributed by atoms with E-state index in [1.165, 1.54) is 28.8 Å². The predicted molar refractivity (Wildman–Crippen MR) is 66.8 cm³/mol. The summed E-state index contributed by atoms with van der Waals surface area (Å²) in [5, 5.41) is 3.52. The van der Waals surface area contributed by atoms with E-state index in [0.29, 0.717) is 11.8 Å². The van der Waals surface area contributed by atoms with E-state index in [0.717, 1.165) is 6.54 Å². The second-order valence-electron chi connectivity index (χ2n) is 5.13. The zero-order valence-corrected chi connectivity index (χ0v) is 10.2. The second-order valence-corrected chi connectivity index (χ2v) is 5.13. The van der Waals surface area contributed by atoms with Crippen molar-refractivity contribution in [1.29, 1.82) is 0 Å². The Morgan fingerprint density at radius 1 is 1.07 bits per heavy atom. The fraction of sp³-hybridized carbons (Fsp3) is 0.571. The number of nitrogens with one attached hydrogen (secondary N) is 1. The first-order valence-corrected chi connectivity index (χ1v) is 6.00. The van der Waals surface area contributed by atoms with Crippen molar-refractivity contribution in [3.63, 3.8) is 0 Å². The van der Waals surface area contributed by atoms with Crippen molar-refractivity contribution in [1.82, 2.24) is 0 Å². The lowest BCUT2D eigenvalue weighted by Crippen LogP contribution is -1.99. The van der Waals surface area contributed by atoms with Gasteiger partial charge in [-0.25, -0.2) is 0 Å². The summed E-state index contributed by atoms with van der Waals surface area (Å²) in [5.74, 6) is 1.25. The highest BCUT2D eigenvalue weighted by Crippen LogP contribution is 2.34. The Balaban J connectivity index is 2.52. The maximum atomic E-state index is 3.52. The highest BCUT2D eigenvalue weighted by Gasteiger charge is 2.18. The molecule has 1 heteroatoms. The molecule has 1 aromatic carbocycles. The molecule has 0 saturated carbocycles. The summed E-state index contributed by atoms with van der Waals surface area (Å²) in [6.45, 7) is 10.2. The summed E-state index contributed by atoms with van der Waals surface area (Å²) in [4.78, 5) is 0. The van der Waals surface area contributed by atoms with E-state index in [1.807, 2.05) is 0 Å². The molecular formula is C14H21N. The third kappa shape index (κ3) is 1.88. The van der Waals surface area contributed by atoms with Gasteiger partial charge in [0, 0.05) is 12.2 Å². The van der Waals surface area contributed by atoms with Gasteiger partial charge in [-0.05, 0) is 34.9 Å². The van der Waals surface area contributed by atoms with Crippen molar-refractivity contribution in [3.05, 3.63) is 28.8 Å². The molecule has 82 valence electrons. The quantitative estimate of drug-likeness (QED) is 0.768. The fourth-order valence-electron chi connectivity index (χ4n) is 2.28. The van der Waals surface area contributed by atoms with Crippen molar-refractivity contribution in [3.8, 4) is 0 Å². The van der Waals surface area contributed by atoms with E-state index in [9.17, 15) is 0 Å². The topological polar surface area (TPSA) is 12.0 Å². The van der Waals surface area contributed by atoms with Crippen LogP contribution in [0.25, 0.3) is 0 Å². The van der Waals surface area contributed by atoms with E-state index >= 15 is 0 Å². The molecule has 0 amide bonds. The van der Waals surface area contributed by atoms with Gasteiger partial charge < -0.3 is 5.32 Å². The maximum Gasteiger partial charge on any atom is 0.0408 e. The highest BCUT2D eigenvalue weighted by atomic mass is 14.9. The molecule has 1 heterocycles. The van der Waals surface area contributed by atoms with Gasteiger partial charge in [0.2, 0.25) is 0 Å². The highest BCUT2D eigenvalue weighted by molar-refractivity contribution is 5.63. The van der Waals surface area contributed by atoms with Crippen LogP contribution < -0.4 is 5.32 Å². The van der Waals surface area contributed by atoms with Crippen molar-refractivity contribution in [2.75, 3.05) is 11.9 Å². The van der Waals surface area contributed by atoms with Crippen LogP contribution in [0.4, 0.5) is 5.69 Å². The third-order valence-electron chi connectivity index (χ3n) is 3.26. The Morgan fingerprint density at radius 2 is 1.80 bits per heavy atom. The Morgan fingerprint density at radius 3 is 2.40 bits per heavy atom. The minimum absolute atomic E-state index is 0.614. The van der Waals surface area contributed by atoms with E-state index in [4.69, 9.17) is 0 Å². The minimum atomic E-state index is 0.614. The van der Waals surface area contributed by atoms with E-state index in [-0.39, 0.29) is 0 Å². The van der Waals surface area contributed by atoms with Crippen LogP contribution in [0.1, 0.15) is 56.2 Å². The molecule has 1 aromatic rings. The first kappa shape index (κ1) is 10.5. The molecule has 1 N–H and O–H groups in total. The maximum absolute atomic E-state index is 3.52. The summed E-state index contributed by atoms with van der Waals surface area (Å²) in [5.41, 5.74) is 5.91. The molecule has 0 atom stereocenters. The number of rotatable bonds is 2. The lowest BCUT2D eigenvalue weighted by molar-refractivity contribution is 0.834. The fourth-order valence-corrected chi connectivity index (χ4v) is 2.28. The third-order valence-corrected chi connectivity index (χ3v) is 3.26. The van der Waals surface area contributed by atoms with Crippen LogP contribution in [0.5, 0.6) is 0 Å². The molecular weight excluding hydrogens is 182 g/mol. The number of hydrogen-bond acceptors (Lipinski definition) is 1. The molecule has 0 bridgehead atoms. The summed E-state index contributed by atoms with van der Waals surface area (Å²) >= 11 is 0. The summed E-state index contributed by atoms with van der Waals surface area (Å²) in [6, 6.07) is 4.76. The average Bonchev–Trinajstić information content (AvgIpc) is 2.62. The predicted octanol–water partition coefficient (Wildman–Crippen LogP) is 3.90. The molecule has 0 radical (unpaired) electrons. The van der Waals surface area contributed by atoms with Gasteiger partial charge >= 0.3 is 0 Å². The van der Waals surface area contributed by atoms with E-state index < -0.39 is 0 Å². The molecule has 0 aliphatic carbocycles. The zero-order valence-electron chi connectivity index (χ0n) is 10.2. The van der Waals surface area contributed by atoms with Crippen molar-refractivity contribution in [2.24, 2.45) is 0 Å². The van der Waals surface area contributed by atoms with Crippen LogP contribution >= 0.6 is 0 Å². The summed E-state index contributed by atoms with van der Waals surface area (Å²) in [7, 11) is 0. The summed E-state index contributed by atoms with van der Waals surface area (Å²) < 4.78 is 0. The molecule has 1 aliphatic heterocycles. The van der Waals surface area contributed by atoms with Crippen molar-refractivity contribution >= 4 is 5.69 Å². The van der Waals surface area contributed by atoms with Gasteiger partial charge in [-0.15, -0.1) is 0 Å². The molecule has 2 rings (SSSR count). The Labute approximate surface area is 92.9 Å². The van der Waals surface area contributed by atoms with Gasteiger partial charge in [0.25, 0.3) is 0 Å². The molecule has 0 spiro atoms. The number of hydrogen-bond donors (Lipinski definition) is 1. The van der Waals surface area contributed by atoms with Crippen LogP contribution in [-0.2, 0) is 6.42 Å². The largest absolute Gasteiger partial charge is 0.384 e. The molecule has 0 unspecified atom stereocenters. The molecule has 1 nitrogen and oxygen atoms in total. The SMILES string of the molecule is CC(C)c1cc2c(c(C(C)C)c1)NCC2. The van der Waals surface area contributed by atoms with Crippen LogP contribution in [0, 0.1) is 0 Å². The van der Waals surface area contributed by atoms with Crippen LogP contribution in [0.2, 0.25) is 0 Å². The molecule has 0 saturated heterocycles. The van der Waals surface area contributed by atoms with E-state index in [2.05, 4.69) is 45.1 Å². The lowest BCUT2D eigenvalue weighted by atomic mass is 9.91. The van der Waals surface area contributed by atoms with Crippen LogP contribution in [-0.4, -0.2) is 6.54 Å². The number of benzene rings is 1. The van der Waals surface area contributed by atoms with Gasteiger partial charge in [0.15, 0.2) is 0 Å². The molecule has 1 aliphatic rings. The smallest absolute Gasteiger partial charge is 0.0408 e. The molecule has 0 aromatic heterocycles. The Kier molecular flexibility index (Phi) is 2.72. The minimum Gasteiger partial charge on any atom is -0.384 e. The first-order valence-electron chi connectivity index (χ1n) is 6.00. The summed E-state index contributed by atoms with van der Waals surface area (Å²) in [6.07, 6.45) is 1.19. The normalized spacial score (nSPS) is 14.5. The first-order chi connectivity index (χ1) is 7.09. The zero-order chi connectivity index (χ0) is 11.0. The monoisotopic (exact) mass is 203 g/mol. The van der Waals surface area contributed by atoms with Gasteiger partial charge in [-0.2, -0.15) is 0 Å². The Hall–Kier alpha value is -0.980. The van der Waals surface area contributed by atoms with Gasteiger partial charge in [-0.1, -0.05) is 39.8 Å².